The number of hydrogen-bond acceptors (Lipinski definition) is 6. The molecule has 0 spiro atoms. The van der Waals surface area contributed by atoms with Gasteiger partial charge in [0.25, 0.3) is 11.5 Å². The molecule has 164 valence electrons. The Morgan fingerprint density at radius 2 is 2.00 bits per heavy atom. The number of carbonyl (C=O) groups excluding carboxylic acids is 1. The normalized spacial score (nSPS) is 14.3. The molecule has 0 unspecified atom stereocenters. The standard InChI is InChI=1S/C22H23N7O3/c23-19-16(21(30)27-10-12-32-13-11-27)14-17-20(25-18-4-1-2-7-28(18)22(17)31)29(19)8-3-6-26-9-5-24-15-26/h1-2,4-5,7,9,14-15,23H,3,6,8,10-13H2. The van der Waals surface area contributed by atoms with E-state index in [4.69, 9.17) is 10.1 Å². The lowest BCUT2D eigenvalue weighted by Gasteiger charge is -2.27. The summed E-state index contributed by atoms with van der Waals surface area (Å²) in [7, 11) is 0. The van der Waals surface area contributed by atoms with E-state index in [9.17, 15) is 9.59 Å². The van der Waals surface area contributed by atoms with Crippen molar-refractivity contribution in [3.8, 4) is 0 Å². The highest BCUT2D eigenvalue weighted by Crippen LogP contribution is 2.13. The summed E-state index contributed by atoms with van der Waals surface area (Å²) in [6.07, 6.45) is 7.68. The highest BCUT2D eigenvalue weighted by atomic mass is 16.5. The van der Waals surface area contributed by atoms with E-state index in [0.29, 0.717) is 62.5 Å². The van der Waals surface area contributed by atoms with Gasteiger partial charge in [-0.2, -0.15) is 0 Å². The number of hydrogen-bond donors (Lipinski definition) is 1. The van der Waals surface area contributed by atoms with Crippen LogP contribution in [0.2, 0.25) is 0 Å². The average Bonchev–Trinajstić information content (AvgIpc) is 3.34. The Bertz CT molecular complexity index is 1400. The molecule has 10 heteroatoms. The number of pyridine rings is 2. The topological polar surface area (TPSA) is 111 Å². The van der Waals surface area contributed by atoms with Crippen molar-refractivity contribution < 1.29 is 9.53 Å². The molecule has 0 bridgehead atoms. The van der Waals surface area contributed by atoms with Crippen molar-refractivity contribution in [1.82, 2.24) is 28.4 Å². The second kappa shape index (κ2) is 8.39. The minimum Gasteiger partial charge on any atom is -0.378 e. The number of ether oxygens (including phenoxy) is 1. The van der Waals surface area contributed by atoms with Gasteiger partial charge in [-0.15, -0.1) is 0 Å². The van der Waals surface area contributed by atoms with Crippen LogP contribution in [-0.4, -0.2) is 60.6 Å². The number of imidazole rings is 1. The molecule has 1 amide bonds. The van der Waals surface area contributed by atoms with Crippen molar-refractivity contribution in [2.75, 3.05) is 26.3 Å². The van der Waals surface area contributed by atoms with Crippen molar-refractivity contribution in [1.29, 1.82) is 5.41 Å². The third-order valence-electron chi connectivity index (χ3n) is 5.70. The second-order valence-electron chi connectivity index (χ2n) is 7.70. The smallest absolute Gasteiger partial charge is 0.267 e. The fraction of sp³-hybridized carbons (Fsp3) is 0.318. The lowest BCUT2D eigenvalue weighted by Crippen LogP contribution is -2.43. The van der Waals surface area contributed by atoms with Crippen molar-refractivity contribution in [3.05, 3.63) is 70.6 Å². The molecule has 0 radical (unpaired) electrons. The van der Waals surface area contributed by atoms with E-state index in [1.54, 1.807) is 40.3 Å². The summed E-state index contributed by atoms with van der Waals surface area (Å²) in [5.74, 6) is -0.263. The lowest BCUT2D eigenvalue weighted by molar-refractivity contribution is 0.0301. The summed E-state index contributed by atoms with van der Waals surface area (Å²) in [5.41, 5.74) is 0.920. The predicted octanol–water partition coefficient (Wildman–Crippen LogP) is 0.888. The van der Waals surface area contributed by atoms with Gasteiger partial charge in [0.05, 0.1) is 30.5 Å². The van der Waals surface area contributed by atoms with Gasteiger partial charge in [0.15, 0.2) is 0 Å². The Kier molecular flexibility index (Phi) is 5.28. The largest absolute Gasteiger partial charge is 0.378 e. The number of nitrogens with zero attached hydrogens (tertiary/aromatic N) is 6. The SMILES string of the molecule is N=c1c(C(=O)N2CCOCC2)cc2c(=O)n3ccccc3nc2n1CCCn1ccnc1. The number of nitrogens with one attached hydrogen (secondary N) is 1. The first kappa shape index (κ1) is 20.1. The van der Waals surface area contributed by atoms with Crippen LogP contribution in [0.1, 0.15) is 16.8 Å². The third kappa shape index (κ3) is 3.58. The van der Waals surface area contributed by atoms with Crippen molar-refractivity contribution in [3.63, 3.8) is 0 Å². The molecule has 1 aliphatic heterocycles. The molecule has 4 aromatic heterocycles. The van der Waals surface area contributed by atoms with Crippen LogP contribution in [-0.2, 0) is 17.8 Å². The highest BCUT2D eigenvalue weighted by Gasteiger charge is 2.23. The van der Waals surface area contributed by atoms with Gasteiger partial charge in [-0.05, 0) is 24.6 Å². The van der Waals surface area contributed by atoms with Gasteiger partial charge in [0.1, 0.15) is 16.8 Å². The average molecular weight is 433 g/mol. The molecule has 0 aromatic carbocycles. The van der Waals surface area contributed by atoms with Crippen LogP contribution in [0.25, 0.3) is 16.7 Å². The Morgan fingerprint density at radius 1 is 1.16 bits per heavy atom. The van der Waals surface area contributed by atoms with E-state index in [2.05, 4.69) is 9.97 Å². The van der Waals surface area contributed by atoms with Gasteiger partial charge < -0.3 is 18.8 Å². The third-order valence-corrected chi connectivity index (χ3v) is 5.70. The fourth-order valence-corrected chi connectivity index (χ4v) is 4.04. The Morgan fingerprint density at radius 3 is 2.78 bits per heavy atom. The predicted molar refractivity (Wildman–Crippen MR) is 116 cm³/mol. The molecule has 5 heterocycles. The van der Waals surface area contributed by atoms with E-state index >= 15 is 0 Å². The number of carbonyl (C=O) groups is 1. The molecular formula is C22H23N7O3. The number of rotatable bonds is 5. The second-order valence-corrected chi connectivity index (χ2v) is 7.70. The summed E-state index contributed by atoms with van der Waals surface area (Å²) in [6.45, 7) is 2.99. The number of morpholine rings is 1. The Balaban J connectivity index is 1.64. The molecule has 32 heavy (non-hydrogen) atoms. The molecule has 0 saturated carbocycles. The van der Waals surface area contributed by atoms with Crippen LogP contribution >= 0.6 is 0 Å². The summed E-state index contributed by atoms with van der Waals surface area (Å²) in [6, 6.07) is 6.86. The van der Waals surface area contributed by atoms with Crippen molar-refractivity contribution >= 4 is 22.6 Å². The maximum atomic E-state index is 13.3. The summed E-state index contributed by atoms with van der Waals surface area (Å²) < 4.78 is 10.4. The first-order valence-corrected chi connectivity index (χ1v) is 10.6. The highest BCUT2D eigenvalue weighted by molar-refractivity contribution is 5.96. The Hall–Kier alpha value is -3.79. The van der Waals surface area contributed by atoms with Crippen LogP contribution in [0, 0.1) is 5.41 Å². The van der Waals surface area contributed by atoms with E-state index in [0.717, 1.165) is 0 Å². The first-order valence-electron chi connectivity index (χ1n) is 10.6. The maximum Gasteiger partial charge on any atom is 0.267 e. The van der Waals surface area contributed by atoms with Gasteiger partial charge >= 0.3 is 0 Å². The van der Waals surface area contributed by atoms with Gasteiger partial charge in [-0.1, -0.05) is 6.07 Å². The first-order chi connectivity index (χ1) is 15.6. The summed E-state index contributed by atoms with van der Waals surface area (Å²) in [5, 5.41) is 9.15. The van der Waals surface area contributed by atoms with Gasteiger partial charge in [0, 0.05) is 44.8 Å². The molecular weight excluding hydrogens is 410 g/mol. The molecule has 1 saturated heterocycles. The molecule has 0 aliphatic carbocycles. The zero-order valence-electron chi connectivity index (χ0n) is 17.5. The van der Waals surface area contributed by atoms with E-state index < -0.39 is 0 Å². The van der Waals surface area contributed by atoms with Gasteiger partial charge in [-0.3, -0.25) is 19.4 Å². The number of aryl methyl sites for hydroxylation is 2. The molecule has 10 nitrogen and oxygen atoms in total. The monoisotopic (exact) mass is 433 g/mol. The Labute approximate surface area is 182 Å². The summed E-state index contributed by atoms with van der Waals surface area (Å²) >= 11 is 0. The molecule has 4 aromatic rings. The number of fused-ring (bicyclic) bond motifs is 2. The fourth-order valence-electron chi connectivity index (χ4n) is 4.04. The van der Waals surface area contributed by atoms with Crippen LogP contribution < -0.4 is 11.0 Å². The number of aromatic nitrogens is 5. The zero-order chi connectivity index (χ0) is 22.1. The quantitative estimate of drug-likeness (QED) is 0.470. The van der Waals surface area contributed by atoms with Crippen LogP contribution in [0.15, 0.2) is 54.0 Å². The molecule has 1 fully saturated rings. The molecule has 0 atom stereocenters. The summed E-state index contributed by atoms with van der Waals surface area (Å²) in [4.78, 5) is 36.9. The molecule has 5 rings (SSSR count). The van der Waals surface area contributed by atoms with E-state index in [1.807, 2.05) is 16.8 Å². The maximum absolute atomic E-state index is 13.3. The molecule has 1 N–H and O–H groups in total. The van der Waals surface area contributed by atoms with Crippen LogP contribution in [0.4, 0.5) is 0 Å². The molecule has 1 aliphatic rings. The van der Waals surface area contributed by atoms with Crippen molar-refractivity contribution in [2.45, 2.75) is 19.5 Å². The van der Waals surface area contributed by atoms with E-state index in [1.165, 1.54) is 10.5 Å². The van der Waals surface area contributed by atoms with E-state index in [-0.39, 0.29) is 22.5 Å². The number of amides is 1. The van der Waals surface area contributed by atoms with Crippen LogP contribution in [0.5, 0.6) is 0 Å². The van der Waals surface area contributed by atoms with Gasteiger partial charge in [-0.25, -0.2) is 9.97 Å². The minimum atomic E-state index is -0.263. The van der Waals surface area contributed by atoms with Crippen molar-refractivity contribution in [2.24, 2.45) is 0 Å². The van der Waals surface area contributed by atoms with Gasteiger partial charge in [0.2, 0.25) is 0 Å². The zero-order valence-corrected chi connectivity index (χ0v) is 17.5. The minimum absolute atomic E-state index is 0.0619. The van der Waals surface area contributed by atoms with Crippen LogP contribution in [0.3, 0.4) is 0 Å². The lowest BCUT2D eigenvalue weighted by atomic mass is 10.1.